The van der Waals surface area contributed by atoms with Crippen LogP contribution >= 0.6 is 11.6 Å². The first kappa shape index (κ1) is 21.1. The zero-order valence-electron chi connectivity index (χ0n) is 14.1. The van der Waals surface area contributed by atoms with Crippen molar-refractivity contribution in [2.75, 3.05) is 26.2 Å². The Bertz CT molecular complexity index is 734. The summed E-state index contributed by atoms with van der Waals surface area (Å²) in [5, 5.41) is 3.53. The highest BCUT2D eigenvalue weighted by atomic mass is 35.5. The van der Waals surface area contributed by atoms with Gasteiger partial charge in [-0.05, 0) is 6.42 Å². The zero-order valence-corrected chi connectivity index (χ0v) is 15.7. The van der Waals surface area contributed by atoms with E-state index in [1.807, 2.05) is 6.92 Å². The van der Waals surface area contributed by atoms with E-state index in [1.54, 1.807) is 12.2 Å². The van der Waals surface area contributed by atoms with Crippen LogP contribution in [0.1, 0.15) is 13.3 Å². The van der Waals surface area contributed by atoms with Crippen LogP contribution in [0.2, 0.25) is 0 Å². The van der Waals surface area contributed by atoms with Crippen LogP contribution in [0.15, 0.2) is 48.4 Å². The Morgan fingerprint density at radius 1 is 1.36 bits per heavy atom. The largest absolute Gasteiger partial charge is 0.346 e. The molecule has 1 heterocycles. The monoisotopic (exact) mass is 387 g/mol. The van der Waals surface area contributed by atoms with Crippen LogP contribution in [0.4, 0.5) is 4.79 Å². The smallest absolute Gasteiger partial charge is 0.315 e. The molecule has 10 heteroatoms. The molecular weight excluding hydrogens is 366 g/mol. The summed E-state index contributed by atoms with van der Waals surface area (Å²) in [4.78, 5) is 17.5. The van der Waals surface area contributed by atoms with Crippen molar-refractivity contribution in [1.29, 1.82) is 0 Å². The maximum atomic E-state index is 12.6. The summed E-state index contributed by atoms with van der Waals surface area (Å²) in [5.41, 5.74) is 0. The Morgan fingerprint density at radius 3 is 2.44 bits per heavy atom. The van der Waals surface area contributed by atoms with Gasteiger partial charge in [0.05, 0.1) is 0 Å². The van der Waals surface area contributed by atoms with E-state index in [1.165, 1.54) is 4.90 Å². The van der Waals surface area contributed by atoms with Crippen LogP contribution in [0.3, 0.4) is 0 Å². The van der Waals surface area contributed by atoms with Crippen molar-refractivity contribution in [2.45, 2.75) is 18.5 Å². The second-order valence-corrected chi connectivity index (χ2v) is 7.46. The maximum absolute atomic E-state index is 12.6. The third-order valence-corrected chi connectivity index (χ3v) is 4.79. The van der Waals surface area contributed by atoms with E-state index in [4.69, 9.17) is 11.6 Å². The molecule has 0 aliphatic carbocycles. The van der Waals surface area contributed by atoms with Gasteiger partial charge < -0.3 is 4.90 Å². The SMILES string of the molecule is C=CCN(CC=C)C(=O)n1cnc(S(=O)(=O)N(CCC)CC(=C)Cl)n1. The third-order valence-electron chi connectivity index (χ3n) is 3.03. The second kappa shape index (κ2) is 9.50. The molecule has 0 radical (unpaired) electrons. The first-order chi connectivity index (χ1) is 11.8. The minimum absolute atomic E-state index is 0.0563. The Hall–Kier alpha value is -1.97. The average molecular weight is 388 g/mol. The molecule has 0 fully saturated rings. The minimum Gasteiger partial charge on any atom is -0.315 e. The van der Waals surface area contributed by atoms with Gasteiger partial charge in [0.2, 0.25) is 0 Å². The fourth-order valence-electron chi connectivity index (χ4n) is 1.99. The molecule has 1 aromatic heterocycles. The van der Waals surface area contributed by atoms with Gasteiger partial charge in [0.1, 0.15) is 6.33 Å². The lowest BCUT2D eigenvalue weighted by atomic mass is 10.5. The van der Waals surface area contributed by atoms with Crippen LogP contribution in [0.5, 0.6) is 0 Å². The highest BCUT2D eigenvalue weighted by Crippen LogP contribution is 2.14. The van der Waals surface area contributed by atoms with Gasteiger partial charge in [0.25, 0.3) is 15.2 Å². The molecule has 0 aromatic carbocycles. The first-order valence-corrected chi connectivity index (χ1v) is 9.35. The molecule has 1 aromatic rings. The second-order valence-electron chi connectivity index (χ2n) is 5.09. The topological polar surface area (TPSA) is 88.4 Å². The normalized spacial score (nSPS) is 11.3. The molecule has 0 unspecified atom stereocenters. The summed E-state index contributed by atoms with van der Waals surface area (Å²) >= 11 is 5.74. The van der Waals surface area contributed by atoms with Gasteiger partial charge in [-0.2, -0.15) is 8.99 Å². The average Bonchev–Trinajstić information content (AvgIpc) is 3.04. The predicted octanol–water partition coefficient (Wildman–Crippen LogP) is 2.07. The van der Waals surface area contributed by atoms with Crippen LogP contribution in [0, 0.1) is 0 Å². The quantitative estimate of drug-likeness (QED) is 0.573. The molecular formula is C15H22ClN5O3S. The van der Waals surface area contributed by atoms with Crippen LogP contribution in [0.25, 0.3) is 0 Å². The summed E-state index contributed by atoms with van der Waals surface area (Å²) in [5.74, 6) is 0. The molecule has 0 saturated carbocycles. The molecule has 0 spiro atoms. The molecule has 138 valence electrons. The highest BCUT2D eigenvalue weighted by Gasteiger charge is 2.29. The number of halogens is 1. The Labute approximate surface area is 153 Å². The van der Waals surface area contributed by atoms with E-state index in [9.17, 15) is 13.2 Å². The highest BCUT2D eigenvalue weighted by molar-refractivity contribution is 7.89. The molecule has 0 N–H and O–H groups in total. The van der Waals surface area contributed by atoms with Crippen molar-refractivity contribution < 1.29 is 13.2 Å². The third kappa shape index (κ3) is 5.52. The first-order valence-electron chi connectivity index (χ1n) is 7.54. The van der Waals surface area contributed by atoms with Crippen LogP contribution < -0.4 is 0 Å². The Balaban J connectivity index is 3.11. The van der Waals surface area contributed by atoms with Gasteiger partial charge in [-0.25, -0.2) is 18.2 Å². The molecule has 25 heavy (non-hydrogen) atoms. The van der Waals surface area contributed by atoms with E-state index in [0.29, 0.717) is 6.42 Å². The molecule has 1 amide bonds. The van der Waals surface area contributed by atoms with E-state index in [-0.39, 0.29) is 31.2 Å². The van der Waals surface area contributed by atoms with Crippen molar-refractivity contribution in [3.05, 3.63) is 43.2 Å². The van der Waals surface area contributed by atoms with E-state index >= 15 is 0 Å². The predicted molar refractivity (Wildman–Crippen MR) is 96.8 cm³/mol. The van der Waals surface area contributed by atoms with E-state index in [2.05, 4.69) is 29.8 Å². The van der Waals surface area contributed by atoms with Gasteiger partial charge in [-0.15, -0.1) is 18.3 Å². The van der Waals surface area contributed by atoms with Crippen molar-refractivity contribution in [3.63, 3.8) is 0 Å². The van der Waals surface area contributed by atoms with Crippen LogP contribution in [-0.4, -0.2) is 64.6 Å². The number of carbonyl (C=O) groups excluding carboxylic acids is 1. The molecule has 0 aliphatic rings. The standard InChI is InChI=1S/C15H22ClN5O3S/c1-5-8-19(9-6-2)15(22)21-12-17-14(18-21)25(23,24)20(10-7-3)11-13(4)16/h5-6,12H,1-2,4,7-11H2,3H3. The number of carbonyl (C=O) groups is 1. The number of hydrogen-bond acceptors (Lipinski definition) is 5. The van der Waals surface area contributed by atoms with Gasteiger partial charge in [0.15, 0.2) is 0 Å². The molecule has 8 nitrogen and oxygen atoms in total. The lowest BCUT2D eigenvalue weighted by Gasteiger charge is -2.19. The summed E-state index contributed by atoms with van der Waals surface area (Å²) < 4.78 is 27.3. The maximum Gasteiger partial charge on any atom is 0.346 e. The summed E-state index contributed by atoms with van der Waals surface area (Å²) in [6.07, 6.45) is 4.74. The van der Waals surface area contributed by atoms with Gasteiger partial charge in [0, 0.05) is 31.2 Å². The molecule has 0 saturated heterocycles. The van der Waals surface area contributed by atoms with Crippen molar-refractivity contribution in [3.8, 4) is 0 Å². The van der Waals surface area contributed by atoms with Crippen molar-refractivity contribution in [1.82, 2.24) is 24.0 Å². The number of hydrogen-bond donors (Lipinski definition) is 0. The summed E-state index contributed by atoms with van der Waals surface area (Å²) in [6.45, 7) is 13.2. The fraction of sp³-hybridized carbons (Fsp3) is 0.400. The summed E-state index contributed by atoms with van der Waals surface area (Å²) in [7, 11) is -3.99. The molecule has 1 rings (SSSR count). The zero-order chi connectivity index (χ0) is 19.0. The molecule has 0 aliphatic heterocycles. The number of amides is 1. The molecule has 0 atom stereocenters. The Kier molecular flexibility index (Phi) is 8.01. The number of rotatable bonds is 10. The van der Waals surface area contributed by atoms with Gasteiger partial charge >= 0.3 is 6.03 Å². The molecule has 0 bridgehead atoms. The van der Waals surface area contributed by atoms with Crippen molar-refractivity contribution in [2.24, 2.45) is 0 Å². The van der Waals surface area contributed by atoms with Gasteiger partial charge in [-0.1, -0.05) is 37.3 Å². The summed E-state index contributed by atoms with van der Waals surface area (Å²) in [6, 6.07) is -0.530. The van der Waals surface area contributed by atoms with E-state index < -0.39 is 21.2 Å². The number of sulfonamides is 1. The lowest BCUT2D eigenvalue weighted by molar-refractivity contribution is 0.206. The number of nitrogens with zero attached hydrogens (tertiary/aromatic N) is 5. The Morgan fingerprint density at radius 2 is 1.96 bits per heavy atom. The van der Waals surface area contributed by atoms with Crippen LogP contribution in [-0.2, 0) is 10.0 Å². The van der Waals surface area contributed by atoms with E-state index in [0.717, 1.165) is 15.3 Å². The van der Waals surface area contributed by atoms with Gasteiger partial charge in [-0.3, -0.25) is 0 Å². The lowest BCUT2D eigenvalue weighted by Crippen LogP contribution is -2.36. The fourth-order valence-corrected chi connectivity index (χ4v) is 3.55. The minimum atomic E-state index is -3.99. The van der Waals surface area contributed by atoms with Crippen molar-refractivity contribution >= 4 is 27.7 Å². The number of aromatic nitrogens is 3.